The van der Waals surface area contributed by atoms with Crippen molar-refractivity contribution in [1.29, 1.82) is 0 Å². The standard InChI is InChI=1S/C24H23ClN6O4/c1-12-7-19(28-22-13(12)11-26-31(22)4)29-30-23(33)17-5-6-21(34-17)35-18-8-14-16(9-15(18)25)27-20(32)10-24(14,2)3/h5-9,11H,10H2,1-4H3,(H,27,32)(H,28,29)(H,30,33). The number of benzene rings is 1. The Labute approximate surface area is 205 Å². The molecule has 1 aromatic carbocycles. The van der Waals surface area contributed by atoms with Crippen molar-refractivity contribution in [3.63, 3.8) is 0 Å². The minimum absolute atomic E-state index is 0.0347. The van der Waals surface area contributed by atoms with Gasteiger partial charge in [0.25, 0.3) is 5.95 Å². The molecule has 3 aromatic heterocycles. The molecule has 0 atom stereocenters. The van der Waals surface area contributed by atoms with Gasteiger partial charge in [0.15, 0.2) is 11.4 Å². The first-order valence-electron chi connectivity index (χ1n) is 10.9. The minimum Gasteiger partial charge on any atom is -0.424 e. The van der Waals surface area contributed by atoms with E-state index in [-0.39, 0.29) is 23.0 Å². The number of aromatic nitrogens is 3. The van der Waals surface area contributed by atoms with Crippen LogP contribution in [0.4, 0.5) is 11.5 Å². The van der Waals surface area contributed by atoms with Crippen LogP contribution in [-0.2, 0) is 17.3 Å². The molecular formula is C24H23ClN6O4. The van der Waals surface area contributed by atoms with Crippen molar-refractivity contribution in [1.82, 2.24) is 20.2 Å². The maximum atomic E-state index is 12.6. The molecule has 0 bridgehead atoms. The van der Waals surface area contributed by atoms with Gasteiger partial charge in [0.2, 0.25) is 5.91 Å². The molecular weight excluding hydrogens is 472 g/mol. The number of halogens is 1. The normalized spacial score (nSPS) is 14.4. The van der Waals surface area contributed by atoms with Crippen LogP contribution in [0.3, 0.4) is 0 Å². The lowest BCUT2D eigenvalue weighted by atomic mass is 9.78. The molecule has 0 aliphatic carbocycles. The van der Waals surface area contributed by atoms with Crippen molar-refractivity contribution in [2.75, 3.05) is 10.7 Å². The predicted molar refractivity (Wildman–Crippen MR) is 131 cm³/mol. The summed E-state index contributed by atoms with van der Waals surface area (Å²) in [7, 11) is 1.80. The summed E-state index contributed by atoms with van der Waals surface area (Å²) in [6, 6.07) is 8.26. The van der Waals surface area contributed by atoms with Gasteiger partial charge >= 0.3 is 5.91 Å². The van der Waals surface area contributed by atoms with Crippen LogP contribution in [0, 0.1) is 6.92 Å². The fraction of sp³-hybridized carbons (Fsp3) is 0.250. The predicted octanol–water partition coefficient (Wildman–Crippen LogP) is 4.69. The fourth-order valence-electron chi connectivity index (χ4n) is 4.11. The monoisotopic (exact) mass is 494 g/mol. The first-order valence-corrected chi connectivity index (χ1v) is 11.3. The van der Waals surface area contributed by atoms with Crippen molar-refractivity contribution in [3.05, 3.63) is 58.4 Å². The number of hydrogen-bond donors (Lipinski definition) is 3. The van der Waals surface area contributed by atoms with Crippen LogP contribution in [-0.4, -0.2) is 26.6 Å². The number of nitrogens with zero attached hydrogens (tertiary/aromatic N) is 3. The van der Waals surface area contributed by atoms with Gasteiger partial charge in [0.1, 0.15) is 11.6 Å². The smallest absolute Gasteiger partial charge is 0.305 e. The third kappa shape index (κ3) is 4.28. The second kappa shape index (κ2) is 8.31. The number of anilines is 2. The number of fused-ring (bicyclic) bond motifs is 2. The number of carbonyl (C=O) groups is 2. The third-order valence-corrected chi connectivity index (χ3v) is 6.20. The molecule has 2 amide bonds. The van der Waals surface area contributed by atoms with Crippen molar-refractivity contribution in [2.24, 2.45) is 7.05 Å². The Balaban J connectivity index is 1.30. The highest BCUT2D eigenvalue weighted by Crippen LogP contribution is 2.43. The molecule has 4 heterocycles. The topological polar surface area (TPSA) is 123 Å². The Kier molecular flexibility index (Phi) is 5.40. The van der Waals surface area contributed by atoms with E-state index in [1.807, 2.05) is 26.8 Å². The molecule has 1 aliphatic rings. The zero-order valence-corrected chi connectivity index (χ0v) is 20.3. The molecule has 5 rings (SSSR count). The Hall–Kier alpha value is -4.05. The first kappa shape index (κ1) is 22.7. The van der Waals surface area contributed by atoms with E-state index in [1.165, 1.54) is 12.1 Å². The number of rotatable bonds is 5. The summed E-state index contributed by atoms with van der Waals surface area (Å²) < 4.78 is 13.1. The third-order valence-electron chi connectivity index (χ3n) is 5.91. The Morgan fingerprint density at radius 3 is 2.89 bits per heavy atom. The summed E-state index contributed by atoms with van der Waals surface area (Å²) in [6.07, 6.45) is 2.09. The first-order chi connectivity index (χ1) is 16.6. The highest BCUT2D eigenvalue weighted by Gasteiger charge is 2.33. The molecule has 0 unspecified atom stereocenters. The molecule has 11 heteroatoms. The van der Waals surface area contributed by atoms with E-state index in [2.05, 4.69) is 26.3 Å². The lowest BCUT2D eigenvalue weighted by Gasteiger charge is -2.32. The average Bonchev–Trinajstić information content (AvgIpc) is 3.40. The number of carbonyl (C=O) groups excluding carboxylic acids is 2. The van der Waals surface area contributed by atoms with E-state index in [4.69, 9.17) is 20.8 Å². The van der Waals surface area contributed by atoms with Gasteiger partial charge in [-0.3, -0.25) is 25.1 Å². The molecule has 10 nitrogen and oxygen atoms in total. The summed E-state index contributed by atoms with van der Waals surface area (Å²) >= 11 is 6.38. The van der Waals surface area contributed by atoms with Crippen LogP contribution < -0.4 is 20.9 Å². The van der Waals surface area contributed by atoms with Crippen molar-refractivity contribution < 1.29 is 18.7 Å². The quantitative estimate of drug-likeness (QED) is 0.344. The SMILES string of the molecule is Cc1cc(NNC(=O)c2ccc(Oc3cc4c(cc3Cl)NC(=O)CC4(C)C)o2)nc2c1cnn2C. The largest absolute Gasteiger partial charge is 0.424 e. The second-order valence-corrected chi connectivity index (χ2v) is 9.47. The van der Waals surface area contributed by atoms with Crippen LogP contribution in [0.1, 0.15) is 41.9 Å². The van der Waals surface area contributed by atoms with E-state index >= 15 is 0 Å². The molecule has 0 radical (unpaired) electrons. The van der Waals surface area contributed by atoms with E-state index in [0.29, 0.717) is 34.3 Å². The Morgan fingerprint density at radius 2 is 2.09 bits per heavy atom. The van der Waals surface area contributed by atoms with Gasteiger partial charge in [-0.1, -0.05) is 25.4 Å². The summed E-state index contributed by atoms with van der Waals surface area (Å²) in [5.41, 5.74) is 8.20. The number of hydrazine groups is 1. The molecule has 0 fully saturated rings. The van der Waals surface area contributed by atoms with Crippen molar-refractivity contribution >= 4 is 46.0 Å². The Morgan fingerprint density at radius 1 is 1.29 bits per heavy atom. The molecule has 35 heavy (non-hydrogen) atoms. The van der Waals surface area contributed by atoms with Gasteiger partial charge in [-0.2, -0.15) is 5.10 Å². The molecule has 3 N–H and O–H groups in total. The number of aryl methyl sites for hydroxylation is 2. The van der Waals surface area contributed by atoms with Crippen LogP contribution in [0.15, 0.2) is 40.9 Å². The number of furan rings is 1. The van der Waals surface area contributed by atoms with Crippen LogP contribution in [0.5, 0.6) is 11.7 Å². The minimum atomic E-state index is -0.509. The van der Waals surface area contributed by atoms with Crippen molar-refractivity contribution in [3.8, 4) is 11.7 Å². The lowest BCUT2D eigenvalue weighted by Crippen LogP contribution is -2.32. The number of amides is 2. The molecule has 0 saturated heterocycles. The fourth-order valence-corrected chi connectivity index (χ4v) is 4.31. The number of nitrogens with one attached hydrogen (secondary N) is 3. The number of ether oxygens (including phenoxy) is 1. The summed E-state index contributed by atoms with van der Waals surface area (Å²) in [5.74, 6) is 0.383. The summed E-state index contributed by atoms with van der Waals surface area (Å²) in [4.78, 5) is 29.0. The molecule has 0 saturated carbocycles. The highest BCUT2D eigenvalue weighted by atomic mass is 35.5. The van der Waals surface area contributed by atoms with Gasteiger partial charge in [0, 0.05) is 36.0 Å². The van der Waals surface area contributed by atoms with Gasteiger partial charge in [-0.25, -0.2) is 4.98 Å². The maximum Gasteiger partial charge on any atom is 0.305 e. The molecule has 0 spiro atoms. The molecule has 1 aliphatic heterocycles. The Bertz CT molecular complexity index is 1490. The molecule has 180 valence electrons. The lowest BCUT2D eigenvalue weighted by molar-refractivity contribution is -0.117. The van der Waals surface area contributed by atoms with Gasteiger partial charge in [-0.15, -0.1) is 0 Å². The van der Waals surface area contributed by atoms with E-state index in [0.717, 1.165) is 16.5 Å². The zero-order valence-electron chi connectivity index (χ0n) is 19.5. The average molecular weight is 495 g/mol. The summed E-state index contributed by atoms with van der Waals surface area (Å²) in [6.45, 7) is 5.90. The van der Waals surface area contributed by atoms with Crippen molar-refractivity contribution in [2.45, 2.75) is 32.6 Å². The zero-order chi connectivity index (χ0) is 24.9. The number of hydrogen-bond acceptors (Lipinski definition) is 7. The van der Waals surface area contributed by atoms with E-state index in [9.17, 15) is 9.59 Å². The van der Waals surface area contributed by atoms with Gasteiger partial charge < -0.3 is 14.5 Å². The highest BCUT2D eigenvalue weighted by molar-refractivity contribution is 6.32. The second-order valence-electron chi connectivity index (χ2n) is 9.07. The van der Waals surface area contributed by atoms with Crippen LogP contribution in [0.2, 0.25) is 5.02 Å². The van der Waals surface area contributed by atoms with Gasteiger partial charge in [-0.05, 0) is 42.3 Å². The van der Waals surface area contributed by atoms with Crippen LogP contribution in [0.25, 0.3) is 11.0 Å². The number of pyridine rings is 1. The molecule has 4 aromatic rings. The van der Waals surface area contributed by atoms with Gasteiger partial charge in [0.05, 0.1) is 11.2 Å². The van der Waals surface area contributed by atoms with Crippen LogP contribution >= 0.6 is 11.6 Å². The van der Waals surface area contributed by atoms with E-state index < -0.39 is 5.91 Å². The summed E-state index contributed by atoms with van der Waals surface area (Å²) in [5, 5.41) is 8.28. The maximum absolute atomic E-state index is 12.6. The van der Waals surface area contributed by atoms with E-state index in [1.54, 1.807) is 30.1 Å².